The number of alkyl halides is 3. The minimum atomic E-state index is -4.50. The number of nitrogens with zero attached hydrogens (tertiary/aromatic N) is 3. The summed E-state index contributed by atoms with van der Waals surface area (Å²) < 4.78 is 43.7. The molecule has 0 aliphatic carbocycles. The summed E-state index contributed by atoms with van der Waals surface area (Å²) in [6, 6.07) is 9.59. The van der Waals surface area contributed by atoms with Crippen molar-refractivity contribution in [1.29, 1.82) is 0 Å². The maximum atomic E-state index is 12.8. The molecule has 0 aliphatic rings. The first-order chi connectivity index (χ1) is 11.6. The van der Waals surface area contributed by atoms with E-state index in [4.69, 9.17) is 4.74 Å². The largest absolute Gasteiger partial charge is 0.475 e. The Balaban J connectivity index is 1.64. The highest BCUT2D eigenvalue weighted by Gasteiger charge is 2.34. The molecule has 0 fully saturated rings. The number of aromatic nitrogens is 3. The summed E-state index contributed by atoms with van der Waals surface area (Å²) in [5.74, 6) is 0.167. The summed E-state index contributed by atoms with van der Waals surface area (Å²) in [7, 11) is 0. The molecule has 2 heterocycles. The summed E-state index contributed by atoms with van der Waals surface area (Å²) >= 11 is 0. The second kappa shape index (κ2) is 6.69. The second-order valence-electron chi connectivity index (χ2n) is 4.87. The lowest BCUT2D eigenvalue weighted by Gasteiger charge is -2.13. The van der Waals surface area contributed by atoms with E-state index in [1.54, 1.807) is 0 Å². The quantitative estimate of drug-likeness (QED) is 0.723. The summed E-state index contributed by atoms with van der Waals surface area (Å²) in [6.45, 7) is 0.285. The average Bonchev–Trinajstić information content (AvgIpc) is 2.58. The van der Waals surface area contributed by atoms with Crippen molar-refractivity contribution < 1.29 is 17.9 Å². The van der Waals surface area contributed by atoms with Gasteiger partial charge in [-0.1, -0.05) is 12.1 Å². The lowest BCUT2D eigenvalue weighted by Crippen LogP contribution is -2.16. The van der Waals surface area contributed by atoms with Gasteiger partial charge in [-0.3, -0.25) is 0 Å². The van der Waals surface area contributed by atoms with E-state index in [1.807, 2.05) is 24.3 Å². The van der Waals surface area contributed by atoms with Gasteiger partial charge in [-0.15, -0.1) is 0 Å². The van der Waals surface area contributed by atoms with Crippen LogP contribution in [0.5, 0.6) is 5.88 Å². The van der Waals surface area contributed by atoms with Crippen LogP contribution in [0.25, 0.3) is 10.9 Å². The first-order valence-corrected chi connectivity index (χ1v) is 7.14. The maximum absolute atomic E-state index is 12.8. The molecular formula is C16H13F3N4O. The van der Waals surface area contributed by atoms with E-state index in [0.29, 0.717) is 5.82 Å². The monoisotopic (exact) mass is 334 g/mol. The predicted octanol–water partition coefficient (Wildman–Crippen LogP) is 3.53. The van der Waals surface area contributed by atoms with E-state index in [1.165, 1.54) is 18.6 Å². The van der Waals surface area contributed by atoms with Gasteiger partial charge >= 0.3 is 6.18 Å². The molecule has 5 nitrogen and oxygen atoms in total. The van der Waals surface area contributed by atoms with Gasteiger partial charge in [-0.2, -0.15) is 13.2 Å². The van der Waals surface area contributed by atoms with Crippen molar-refractivity contribution in [3.63, 3.8) is 0 Å². The normalized spacial score (nSPS) is 11.5. The van der Waals surface area contributed by atoms with Crippen LogP contribution in [0.15, 0.2) is 48.9 Å². The lowest BCUT2D eigenvalue weighted by molar-refractivity contribution is -0.139. The number of benzene rings is 1. The third-order valence-electron chi connectivity index (χ3n) is 3.25. The average molecular weight is 334 g/mol. The van der Waals surface area contributed by atoms with Gasteiger partial charge in [-0.25, -0.2) is 15.0 Å². The third-order valence-corrected chi connectivity index (χ3v) is 3.25. The molecule has 2 aromatic heterocycles. The van der Waals surface area contributed by atoms with E-state index < -0.39 is 17.6 Å². The van der Waals surface area contributed by atoms with Crippen molar-refractivity contribution in [2.45, 2.75) is 6.18 Å². The molecular weight excluding hydrogens is 321 g/mol. The molecule has 0 saturated heterocycles. The predicted molar refractivity (Wildman–Crippen MR) is 82.8 cm³/mol. The van der Waals surface area contributed by atoms with Gasteiger partial charge in [0, 0.05) is 11.6 Å². The lowest BCUT2D eigenvalue weighted by atomic mass is 10.2. The zero-order valence-electron chi connectivity index (χ0n) is 12.4. The van der Waals surface area contributed by atoms with Crippen LogP contribution in [-0.2, 0) is 6.18 Å². The van der Waals surface area contributed by atoms with Crippen LogP contribution < -0.4 is 10.1 Å². The van der Waals surface area contributed by atoms with Gasteiger partial charge in [0.15, 0.2) is 0 Å². The van der Waals surface area contributed by atoms with Gasteiger partial charge in [0.2, 0.25) is 5.88 Å². The molecule has 0 saturated carbocycles. The van der Waals surface area contributed by atoms with Crippen LogP contribution in [0.1, 0.15) is 5.56 Å². The molecule has 0 bridgehead atoms. The molecule has 1 N–H and O–H groups in total. The van der Waals surface area contributed by atoms with Crippen molar-refractivity contribution in [1.82, 2.24) is 15.0 Å². The number of anilines is 1. The minimum Gasteiger partial charge on any atom is -0.475 e. The number of para-hydroxylation sites is 1. The number of hydrogen-bond acceptors (Lipinski definition) is 5. The number of halogens is 3. The van der Waals surface area contributed by atoms with E-state index in [2.05, 4.69) is 20.3 Å². The van der Waals surface area contributed by atoms with Crippen LogP contribution in [0.3, 0.4) is 0 Å². The van der Waals surface area contributed by atoms with Crippen molar-refractivity contribution in [2.24, 2.45) is 0 Å². The van der Waals surface area contributed by atoms with Gasteiger partial charge in [0.05, 0.1) is 12.1 Å². The Morgan fingerprint density at radius 2 is 1.83 bits per heavy atom. The van der Waals surface area contributed by atoms with Gasteiger partial charge in [0.25, 0.3) is 0 Å². The molecule has 0 aliphatic heterocycles. The number of hydrogen-bond donors (Lipinski definition) is 1. The molecule has 0 radical (unpaired) electrons. The molecule has 0 amide bonds. The fourth-order valence-electron chi connectivity index (χ4n) is 2.18. The molecule has 3 rings (SSSR count). The smallest absolute Gasteiger partial charge is 0.421 e. The number of pyridine rings is 1. The van der Waals surface area contributed by atoms with Crippen molar-refractivity contribution in [3.05, 3.63) is 54.5 Å². The highest BCUT2D eigenvalue weighted by molar-refractivity contribution is 5.88. The molecule has 8 heteroatoms. The topological polar surface area (TPSA) is 59.9 Å². The van der Waals surface area contributed by atoms with Gasteiger partial charge < -0.3 is 10.1 Å². The Bertz CT molecular complexity index is 833. The maximum Gasteiger partial charge on any atom is 0.421 e. The molecule has 1 aromatic carbocycles. The van der Waals surface area contributed by atoms with Crippen LogP contribution in [0, 0.1) is 0 Å². The Labute approximate surface area is 135 Å². The van der Waals surface area contributed by atoms with E-state index >= 15 is 0 Å². The first-order valence-electron chi connectivity index (χ1n) is 7.14. The van der Waals surface area contributed by atoms with Crippen molar-refractivity contribution in [3.8, 4) is 5.88 Å². The highest BCUT2D eigenvalue weighted by atomic mass is 19.4. The number of nitrogens with one attached hydrogen (secondary N) is 1. The fourth-order valence-corrected chi connectivity index (χ4v) is 2.18. The third kappa shape index (κ3) is 3.53. The van der Waals surface area contributed by atoms with Crippen LogP contribution >= 0.6 is 0 Å². The standard InChI is InChI=1S/C16H13F3N4O/c17-16(18,19)12-5-3-7-21-15(12)24-9-8-20-14-11-4-1-2-6-13(11)22-10-23-14/h1-7,10H,8-9H2,(H,20,22,23). The zero-order chi connectivity index (χ0) is 17.0. The molecule has 0 spiro atoms. The molecule has 24 heavy (non-hydrogen) atoms. The van der Waals surface area contributed by atoms with E-state index in [0.717, 1.165) is 17.0 Å². The summed E-state index contributed by atoms with van der Waals surface area (Å²) in [5.41, 5.74) is -0.113. The van der Waals surface area contributed by atoms with E-state index in [9.17, 15) is 13.2 Å². The number of fused-ring (bicyclic) bond motifs is 1. The Morgan fingerprint density at radius 1 is 1.00 bits per heavy atom. The van der Waals surface area contributed by atoms with Crippen molar-refractivity contribution in [2.75, 3.05) is 18.5 Å². The highest BCUT2D eigenvalue weighted by Crippen LogP contribution is 2.34. The SMILES string of the molecule is FC(F)(F)c1cccnc1OCCNc1ncnc2ccccc12. The minimum absolute atomic E-state index is 0.0123. The van der Waals surface area contributed by atoms with Gasteiger partial charge in [-0.05, 0) is 24.3 Å². The number of rotatable bonds is 5. The number of ether oxygens (including phenoxy) is 1. The zero-order valence-corrected chi connectivity index (χ0v) is 12.4. The van der Waals surface area contributed by atoms with Crippen LogP contribution in [0.4, 0.5) is 19.0 Å². The van der Waals surface area contributed by atoms with E-state index in [-0.39, 0.29) is 13.2 Å². The molecule has 0 unspecified atom stereocenters. The van der Waals surface area contributed by atoms with Crippen molar-refractivity contribution >= 4 is 16.7 Å². The second-order valence-corrected chi connectivity index (χ2v) is 4.87. The fraction of sp³-hybridized carbons (Fsp3) is 0.188. The molecule has 0 atom stereocenters. The van der Waals surface area contributed by atoms with Crippen LogP contribution in [0.2, 0.25) is 0 Å². The summed E-state index contributed by atoms with van der Waals surface area (Å²) in [6.07, 6.45) is -1.82. The first kappa shape index (κ1) is 16.0. The summed E-state index contributed by atoms with van der Waals surface area (Å²) in [5, 5.41) is 3.86. The Kier molecular flexibility index (Phi) is 4.45. The molecule has 3 aromatic rings. The molecule has 124 valence electrons. The summed E-state index contributed by atoms with van der Waals surface area (Å²) in [4.78, 5) is 11.9. The Hall–Kier alpha value is -2.90. The van der Waals surface area contributed by atoms with Gasteiger partial charge in [0.1, 0.15) is 24.3 Å². The Morgan fingerprint density at radius 3 is 2.67 bits per heavy atom. The van der Waals surface area contributed by atoms with Crippen LogP contribution in [-0.4, -0.2) is 28.1 Å².